The third-order valence-electron chi connectivity index (χ3n) is 3.01. The van der Waals surface area contributed by atoms with E-state index < -0.39 is 0 Å². The minimum atomic E-state index is -0.0784. The minimum Gasteiger partial charge on any atom is -0.351 e. The van der Waals surface area contributed by atoms with Gasteiger partial charge in [-0.1, -0.05) is 11.8 Å². The summed E-state index contributed by atoms with van der Waals surface area (Å²) in [4.78, 5) is 34.3. The number of amides is 1. The van der Waals surface area contributed by atoms with Crippen molar-refractivity contribution in [3.05, 3.63) is 39.7 Å². The number of fused-ring (bicyclic) bond motifs is 1. The lowest BCUT2D eigenvalue weighted by Crippen LogP contribution is -2.18. The molecule has 3 aromatic heterocycles. The highest BCUT2D eigenvalue weighted by Gasteiger charge is 2.12. The average Bonchev–Trinajstić information content (AvgIpc) is 3.19. The predicted molar refractivity (Wildman–Crippen MR) is 94.3 cm³/mol. The van der Waals surface area contributed by atoms with E-state index in [1.54, 1.807) is 11.3 Å². The van der Waals surface area contributed by atoms with Crippen LogP contribution in [0.4, 0.5) is 0 Å². The molecule has 0 atom stereocenters. The molecule has 8 heteroatoms. The molecule has 3 rings (SSSR count). The summed E-state index contributed by atoms with van der Waals surface area (Å²) in [7, 11) is 0. The van der Waals surface area contributed by atoms with Crippen molar-refractivity contribution in [3.8, 4) is 0 Å². The zero-order valence-corrected chi connectivity index (χ0v) is 14.7. The summed E-state index contributed by atoms with van der Waals surface area (Å²) in [5.41, 5.74) is 0. The van der Waals surface area contributed by atoms with Crippen molar-refractivity contribution in [1.82, 2.24) is 15.3 Å². The highest BCUT2D eigenvalue weighted by molar-refractivity contribution is 8.00. The zero-order chi connectivity index (χ0) is 16.2. The van der Waals surface area contributed by atoms with Crippen LogP contribution in [0.1, 0.15) is 21.5 Å². The summed E-state index contributed by atoms with van der Waals surface area (Å²) in [6, 6.07) is 5.66. The summed E-state index contributed by atoms with van der Waals surface area (Å²) in [5, 5.41) is 6.53. The first-order chi connectivity index (χ1) is 11.1. The number of rotatable bonds is 6. The number of hydrogen-bond acceptors (Lipinski definition) is 7. The van der Waals surface area contributed by atoms with Crippen LogP contribution < -0.4 is 5.32 Å². The highest BCUT2D eigenvalue weighted by atomic mass is 32.2. The van der Waals surface area contributed by atoms with E-state index in [0.29, 0.717) is 17.2 Å². The molecule has 0 radical (unpaired) electrons. The van der Waals surface area contributed by atoms with Gasteiger partial charge in [-0.2, -0.15) is 0 Å². The van der Waals surface area contributed by atoms with Gasteiger partial charge in [0.05, 0.1) is 17.2 Å². The Morgan fingerprint density at radius 2 is 2.13 bits per heavy atom. The van der Waals surface area contributed by atoms with E-state index in [2.05, 4.69) is 15.3 Å². The fourth-order valence-electron chi connectivity index (χ4n) is 1.92. The Kier molecular flexibility index (Phi) is 5.04. The lowest BCUT2D eigenvalue weighted by Gasteiger charge is -2.01. The molecule has 0 aliphatic heterocycles. The summed E-state index contributed by atoms with van der Waals surface area (Å²) >= 11 is 4.40. The molecule has 0 aliphatic rings. The molecule has 0 aromatic carbocycles. The van der Waals surface area contributed by atoms with E-state index in [-0.39, 0.29) is 11.7 Å². The Balaban J connectivity index is 1.63. The second-order valence-electron chi connectivity index (χ2n) is 4.71. The summed E-state index contributed by atoms with van der Waals surface area (Å²) in [5.74, 6) is 0.323. The molecule has 118 valence electrons. The molecule has 5 nitrogen and oxygen atoms in total. The fraction of sp³-hybridized carbons (Fsp3) is 0.200. The topological polar surface area (TPSA) is 72.0 Å². The standard InChI is InChI=1S/C15H13N3O2S3/c1-9(19)16-6-10-2-3-13(23-10)12(20)7-22-15-11-4-5-21-14(11)17-8-18-15/h2-5,8H,6-7H2,1H3,(H,16,19). The lowest BCUT2D eigenvalue weighted by molar-refractivity contribution is -0.119. The maximum Gasteiger partial charge on any atom is 0.217 e. The normalized spacial score (nSPS) is 10.8. The molecule has 3 aromatic rings. The number of nitrogens with zero attached hydrogens (tertiary/aromatic N) is 2. The van der Waals surface area contributed by atoms with E-state index in [1.807, 2.05) is 23.6 Å². The number of hydrogen-bond donors (Lipinski definition) is 1. The fourth-order valence-corrected chi connectivity index (χ4v) is 4.56. The molecule has 1 N–H and O–H groups in total. The van der Waals surface area contributed by atoms with E-state index in [9.17, 15) is 9.59 Å². The van der Waals surface area contributed by atoms with Gasteiger partial charge < -0.3 is 5.32 Å². The lowest BCUT2D eigenvalue weighted by atomic mass is 10.3. The molecule has 0 unspecified atom stereocenters. The second kappa shape index (κ2) is 7.20. The van der Waals surface area contributed by atoms with Crippen molar-refractivity contribution in [1.29, 1.82) is 0 Å². The van der Waals surface area contributed by atoms with E-state index >= 15 is 0 Å². The van der Waals surface area contributed by atoms with Crippen LogP contribution in [0, 0.1) is 0 Å². The maximum absolute atomic E-state index is 12.3. The second-order valence-corrected chi connectivity index (χ2v) is 7.73. The van der Waals surface area contributed by atoms with Gasteiger partial charge in [-0.25, -0.2) is 9.97 Å². The Morgan fingerprint density at radius 3 is 2.96 bits per heavy atom. The molecule has 3 heterocycles. The van der Waals surface area contributed by atoms with Crippen molar-refractivity contribution in [2.45, 2.75) is 18.5 Å². The van der Waals surface area contributed by atoms with Crippen LogP contribution >= 0.6 is 34.4 Å². The molecule has 0 bridgehead atoms. The smallest absolute Gasteiger partial charge is 0.217 e. The Morgan fingerprint density at radius 1 is 1.26 bits per heavy atom. The minimum absolute atomic E-state index is 0.0658. The van der Waals surface area contributed by atoms with E-state index in [0.717, 1.165) is 20.1 Å². The van der Waals surface area contributed by atoms with Crippen LogP contribution in [0.15, 0.2) is 34.9 Å². The quantitative estimate of drug-likeness (QED) is 0.413. The number of ketones is 1. The Bertz CT molecular complexity index is 856. The number of aromatic nitrogens is 2. The highest BCUT2D eigenvalue weighted by Crippen LogP contribution is 2.28. The van der Waals surface area contributed by atoms with Crippen LogP contribution in [0.25, 0.3) is 10.2 Å². The molecule has 23 heavy (non-hydrogen) atoms. The first-order valence-corrected chi connectivity index (χ1v) is 9.49. The monoisotopic (exact) mass is 363 g/mol. The summed E-state index contributed by atoms with van der Waals surface area (Å²) in [6.07, 6.45) is 1.53. The number of carbonyl (C=O) groups excluding carboxylic acids is 2. The molecule has 0 saturated heterocycles. The summed E-state index contributed by atoms with van der Waals surface area (Å²) < 4.78 is 0. The average molecular weight is 363 g/mol. The van der Waals surface area contributed by atoms with Gasteiger partial charge in [-0.3, -0.25) is 9.59 Å². The summed E-state index contributed by atoms with van der Waals surface area (Å²) in [6.45, 7) is 1.94. The van der Waals surface area contributed by atoms with Gasteiger partial charge in [0, 0.05) is 17.2 Å². The molecule has 0 aliphatic carbocycles. The molecular formula is C15H13N3O2S3. The number of nitrogens with one attached hydrogen (secondary N) is 1. The molecule has 0 spiro atoms. The molecule has 0 fully saturated rings. The number of thioether (sulfide) groups is 1. The van der Waals surface area contributed by atoms with Crippen molar-refractivity contribution in [3.63, 3.8) is 0 Å². The van der Waals surface area contributed by atoms with Crippen molar-refractivity contribution in [2.75, 3.05) is 5.75 Å². The van der Waals surface area contributed by atoms with Gasteiger partial charge in [0.25, 0.3) is 0 Å². The zero-order valence-electron chi connectivity index (χ0n) is 12.2. The number of Topliss-reactive ketones (excluding diaryl/α,β-unsaturated/α-hetero) is 1. The number of carbonyl (C=O) groups is 2. The Labute approximate surface area is 145 Å². The van der Waals surface area contributed by atoms with Gasteiger partial charge in [0.15, 0.2) is 5.78 Å². The van der Waals surface area contributed by atoms with Crippen LogP contribution in [0.2, 0.25) is 0 Å². The third kappa shape index (κ3) is 3.95. The first kappa shape index (κ1) is 16.1. The molecule has 1 amide bonds. The van der Waals surface area contributed by atoms with E-state index in [4.69, 9.17) is 0 Å². The van der Waals surface area contributed by atoms with Crippen LogP contribution in [-0.4, -0.2) is 27.4 Å². The maximum atomic E-state index is 12.3. The predicted octanol–water partition coefficient (Wildman–Crippen LogP) is 3.36. The SMILES string of the molecule is CC(=O)NCc1ccc(C(=O)CSc2ncnc3sccc23)s1. The van der Waals surface area contributed by atoms with Gasteiger partial charge >= 0.3 is 0 Å². The van der Waals surface area contributed by atoms with Crippen LogP contribution in [-0.2, 0) is 11.3 Å². The van der Waals surface area contributed by atoms with Crippen molar-refractivity contribution >= 4 is 56.3 Å². The van der Waals surface area contributed by atoms with Crippen molar-refractivity contribution < 1.29 is 9.59 Å². The van der Waals surface area contributed by atoms with Gasteiger partial charge in [-0.15, -0.1) is 22.7 Å². The van der Waals surface area contributed by atoms with E-state index in [1.165, 1.54) is 36.3 Å². The van der Waals surface area contributed by atoms with Gasteiger partial charge in [0.2, 0.25) is 5.91 Å². The Hall–Kier alpha value is -1.77. The molecule has 0 saturated carbocycles. The van der Waals surface area contributed by atoms with Gasteiger partial charge in [0.1, 0.15) is 16.2 Å². The van der Waals surface area contributed by atoms with Crippen molar-refractivity contribution in [2.24, 2.45) is 0 Å². The largest absolute Gasteiger partial charge is 0.351 e. The van der Waals surface area contributed by atoms with Crippen LogP contribution in [0.3, 0.4) is 0 Å². The molecular weight excluding hydrogens is 350 g/mol. The number of thiophene rings is 2. The first-order valence-electron chi connectivity index (χ1n) is 6.81. The third-order valence-corrected chi connectivity index (χ3v) is 5.97. The van der Waals surface area contributed by atoms with Gasteiger partial charge in [-0.05, 0) is 23.6 Å². The van der Waals surface area contributed by atoms with Crippen LogP contribution in [0.5, 0.6) is 0 Å².